The first-order valence-corrected chi connectivity index (χ1v) is 9.69. The zero-order valence-electron chi connectivity index (χ0n) is 13.8. The van der Waals surface area contributed by atoms with Crippen LogP contribution in [0.1, 0.15) is 5.56 Å². The van der Waals surface area contributed by atoms with E-state index in [9.17, 15) is 4.79 Å². The lowest BCUT2D eigenvalue weighted by atomic mass is 10.2. The topological polar surface area (TPSA) is 32.8 Å². The van der Waals surface area contributed by atoms with Gasteiger partial charge in [0, 0.05) is 37.7 Å². The maximum atomic E-state index is 12.4. The number of para-hydroxylation sites is 1. The molecule has 1 amide bonds. The number of carbonyl (C=O) groups excluding carboxylic acids is 1. The van der Waals surface area contributed by atoms with Crippen molar-refractivity contribution in [3.05, 3.63) is 62.7 Å². The molecule has 132 valence electrons. The summed E-state index contributed by atoms with van der Waals surface area (Å²) in [5.74, 6) is 0.809. The summed E-state index contributed by atoms with van der Waals surface area (Å²) in [6.07, 6.45) is 0. The van der Waals surface area contributed by atoms with Gasteiger partial charge in [0.1, 0.15) is 5.75 Å². The minimum Gasteiger partial charge on any atom is -0.483 e. The normalized spacial score (nSPS) is 15.2. The number of hydrogen-bond donors (Lipinski definition) is 0. The largest absolute Gasteiger partial charge is 0.483 e. The van der Waals surface area contributed by atoms with E-state index in [1.165, 1.54) is 5.56 Å². The molecule has 0 radical (unpaired) electrons. The average Bonchev–Trinajstić information content (AvgIpc) is 2.63. The van der Waals surface area contributed by atoms with E-state index in [0.29, 0.717) is 0 Å². The third-order valence-electron chi connectivity index (χ3n) is 4.23. The molecule has 0 atom stereocenters. The van der Waals surface area contributed by atoms with E-state index in [4.69, 9.17) is 16.3 Å². The first kappa shape index (κ1) is 18.5. The predicted octanol–water partition coefficient (Wildman–Crippen LogP) is 3.67. The van der Waals surface area contributed by atoms with E-state index in [1.807, 2.05) is 41.3 Å². The molecule has 1 heterocycles. The highest BCUT2D eigenvalue weighted by Crippen LogP contribution is 2.19. The van der Waals surface area contributed by atoms with Gasteiger partial charge in [-0.3, -0.25) is 9.69 Å². The molecule has 1 fully saturated rings. The zero-order valence-corrected chi connectivity index (χ0v) is 16.7. The highest BCUT2D eigenvalue weighted by Gasteiger charge is 2.21. The SMILES string of the molecule is O=C(COc1ccccc1I)N1CCN(Cc2ccc(Cl)cc2)CC1. The minimum atomic E-state index is 0.0470. The van der Waals surface area contributed by atoms with Gasteiger partial charge in [-0.25, -0.2) is 0 Å². The van der Waals surface area contributed by atoms with Gasteiger partial charge < -0.3 is 9.64 Å². The van der Waals surface area contributed by atoms with Crippen LogP contribution in [0.15, 0.2) is 48.5 Å². The lowest BCUT2D eigenvalue weighted by molar-refractivity contribution is -0.135. The van der Waals surface area contributed by atoms with Crippen LogP contribution in [0.4, 0.5) is 0 Å². The van der Waals surface area contributed by atoms with E-state index in [1.54, 1.807) is 0 Å². The van der Waals surface area contributed by atoms with Crippen LogP contribution in [-0.2, 0) is 11.3 Å². The van der Waals surface area contributed by atoms with Crippen LogP contribution in [0.5, 0.6) is 5.75 Å². The second kappa shape index (κ2) is 8.87. The summed E-state index contributed by atoms with van der Waals surface area (Å²) >= 11 is 8.13. The van der Waals surface area contributed by atoms with E-state index >= 15 is 0 Å². The van der Waals surface area contributed by atoms with Crippen molar-refractivity contribution >= 4 is 40.1 Å². The molecule has 0 spiro atoms. The zero-order chi connectivity index (χ0) is 17.6. The Morgan fingerprint density at radius 2 is 1.72 bits per heavy atom. The van der Waals surface area contributed by atoms with Crippen molar-refractivity contribution in [1.82, 2.24) is 9.80 Å². The number of rotatable bonds is 5. The maximum absolute atomic E-state index is 12.4. The van der Waals surface area contributed by atoms with Gasteiger partial charge in [-0.05, 0) is 52.4 Å². The second-order valence-electron chi connectivity index (χ2n) is 6.00. The number of nitrogens with zero attached hydrogens (tertiary/aromatic N) is 2. The third-order valence-corrected chi connectivity index (χ3v) is 5.38. The number of hydrogen-bond acceptors (Lipinski definition) is 3. The Hall–Kier alpha value is -1.31. The Balaban J connectivity index is 1.44. The van der Waals surface area contributed by atoms with Crippen molar-refractivity contribution < 1.29 is 9.53 Å². The quantitative estimate of drug-likeness (QED) is 0.625. The molecule has 2 aromatic carbocycles. The minimum absolute atomic E-state index is 0.0470. The van der Waals surface area contributed by atoms with Crippen molar-refractivity contribution in [2.45, 2.75) is 6.54 Å². The Bertz CT molecular complexity index is 716. The second-order valence-corrected chi connectivity index (χ2v) is 7.60. The van der Waals surface area contributed by atoms with Crippen LogP contribution >= 0.6 is 34.2 Å². The molecule has 4 nitrogen and oxygen atoms in total. The van der Waals surface area contributed by atoms with E-state index in [2.05, 4.69) is 39.6 Å². The van der Waals surface area contributed by atoms with Crippen LogP contribution in [-0.4, -0.2) is 48.5 Å². The summed E-state index contributed by atoms with van der Waals surface area (Å²) in [7, 11) is 0. The number of halogens is 2. The lowest BCUT2D eigenvalue weighted by Gasteiger charge is -2.34. The molecule has 0 bridgehead atoms. The highest BCUT2D eigenvalue weighted by molar-refractivity contribution is 14.1. The van der Waals surface area contributed by atoms with Gasteiger partial charge in [0.2, 0.25) is 0 Å². The fourth-order valence-electron chi connectivity index (χ4n) is 2.80. The molecule has 6 heteroatoms. The van der Waals surface area contributed by atoms with Crippen LogP contribution in [0.3, 0.4) is 0 Å². The molecule has 0 N–H and O–H groups in total. The molecule has 0 unspecified atom stereocenters. The molecular formula is C19H20ClIN2O2. The first-order valence-electron chi connectivity index (χ1n) is 8.24. The molecule has 1 aliphatic heterocycles. The molecule has 1 saturated heterocycles. The van der Waals surface area contributed by atoms with E-state index < -0.39 is 0 Å². The van der Waals surface area contributed by atoms with Gasteiger partial charge in [0.05, 0.1) is 3.57 Å². The van der Waals surface area contributed by atoms with Gasteiger partial charge in [0.15, 0.2) is 6.61 Å². The first-order chi connectivity index (χ1) is 12.1. The van der Waals surface area contributed by atoms with Crippen molar-refractivity contribution in [2.24, 2.45) is 0 Å². The summed E-state index contributed by atoms with van der Waals surface area (Å²) < 4.78 is 6.68. The van der Waals surface area contributed by atoms with Gasteiger partial charge >= 0.3 is 0 Å². The fourth-order valence-corrected chi connectivity index (χ4v) is 3.47. The van der Waals surface area contributed by atoms with Crippen LogP contribution in [0.2, 0.25) is 5.02 Å². The molecule has 0 saturated carbocycles. The average molecular weight is 471 g/mol. The summed E-state index contributed by atoms with van der Waals surface area (Å²) in [5, 5.41) is 0.757. The predicted molar refractivity (Wildman–Crippen MR) is 108 cm³/mol. The smallest absolute Gasteiger partial charge is 0.260 e. The number of ether oxygens (including phenoxy) is 1. The molecule has 3 rings (SSSR count). The van der Waals surface area contributed by atoms with Crippen LogP contribution in [0, 0.1) is 3.57 Å². The number of carbonyl (C=O) groups is 1. The third kappa shape index (κ3) is 5.33. The van der Waals surface area contributed by atoms with Crippen LogP contribution in [0.25, 0.3) is 0 Å². The summed E-state index contributed by atoms with van der Waals surface area (Å²) in [6.45, 7) is 4.20. The van der Waals surface area contributed by atoms with Gasteiger partial charge in [-0.2, -0.15) is 0 Å². The summed E-state index contributed by atoms with van der Waals surface area (Å²) in [5.41, 5.74) is 1.24. The Morgan fingerprint density at radius 1 is 1.04 bits per heavy atom. The lowest BCUT2D eigenvalue weighted by Crippen LogP contribution is -2.49. The Labute approximate surface area is 166 Å². The van der Waals surface area contributed by atoms with Crippen molar-refractivity contribution in [2.75, 3.05) is 32.8 Å². The van der Waals surface area contributed by atoms with E-state index in [-0.39, 0.29) is 12.5 Å². The molecule has 0 aromatic heterocycles. The van der Waals surface area contributed by atoms with Crippen molar-refractivity contribution in [3.8, 4) is 5.75 Å². The monoisotopic (exact) mass is 470 g/mol. The summed E-state index contributed by atoms with van der Waals surface area (Å²) in [4.78, 5) is 16.6. The fraction of sp³-hybridized carbons (Fsp3) is 0.316. The molecule has 2 aromatic rings. The Kier molecular flexibility index (Phi) is 6.56. The number of amides is 1. The molecule has 0 aliphatic carbocycles. The van der Waals surface area contributed by atoms with E-state index in [0.717, 1.165) is 47.1 Å². The van der Waals surface area contributed by atoms with Gasteiger partial charge in [0.25, 0.3) is 5.91 Å². The maximum Gasteiger partial charge on any atom is 0.260 e. The number of piperazine rings is 1. The Morgan fingerprint density at radius 3 is 2.40 bits per heavy atom. The van der Waals surface area contributed by atoms with Gasteiger partial charge in [-0.1, -0.05) is 35.9 Å². The number of benzene rings is 2. The van der Waals surface area contributed by atoms with Crippen LogP contribution < -0.4 is 4.74 Å². The standard InChI is InChI=1S/C19H20ClIN2O2/c20-16-7-5-15(6-8-16)13-22-9-11-23(12-10-22)19(24)14-25-18-4-2-1-3-17(18)21/h1-8H,9-14H2. The van der Waals surface area contributed by atoms with Gasteiger partial charge in [-0.15, -0.1) is 0 Å². The summed E-state index contributed by atoms with van der Waals surface area (Å²) in [6, 6.07) is 15.7. The highest BCUT2D eigenvalue weighted by atomic mass is 127. The molecular weight excluding hydrogens is 451 g/mol. The van der Waals surface area contributed by atoms with Crippen molar-refractivity contribution in [3.63, 3.8) is 0 Å². The van der Waals surface area contributed by atoms with Crippen molar-refractivity contribution in [1.29, 1.82) is 0 Å². The molecule has 1 aliphatic rings. The molecule has 25 heavy (non-hydrogen) atoms.